The fourth-order valence-corrected chi connectivity index (χ4v) is 4.03. The Balaban J connectivity index is 1.38. The lowest BCUT2D eigenvalue weighted by atomic mass is 9.93. The van der Waals surface area contributed by atoms with Gasteiger partial charge in [-0.15, -0.1) is 0 Å². The van der Waals surface area contributed by atoms with E-state index in [1.54, 1.807) is 48.5 Å². The summed E-state index contributed by atoms with van der Waals surface area (Å²) in [5.74, 6) is -1.15. The molecule has 3 aromatic carbocycles. The van der Waals surface area contributed by atoms with Gasteiger partial charge in [0.2, 0.25) is 0 Å². The van der Waals surface area contributed by atoms with Gasteiger partial charge in [0.1, 0.15) is 23.1 Å². The Morgan fingerprint density at radius 2 is 1.88 bits per heavy atom. The van der Waals surface area contributed by atoms with Gasteiger partial charge in [0, 0.05) is 28.8 Å². The largest absolute Gasteiger partial charge is 0.493 e. The second kappa shape index (κ2) is 10.3. The van der Waals surface area contributed by atoms with Crippen molar-refractivity contribution in [2.75, 3.05) is 13.2 Å². The number of ether oxygens (including phenoxy) is 2. The van der Waals surface area contributed by atoms with Gasteiger partial charge >= 0.3 is 5.97 Å². The lowest BCUT2D eigenvalue weighted by molar-refractivity contribution is -0.139. The average molecular weight is 504 g/mol. The van der Waals surface area contributed by atoms with Crippen molar-refractivity contribution in [2.45, 2.75) is 18.8 Å². The number of hydrogen-bond acceptors (Lipinski definition) is 4. The molecule has 176 valence electrons. The highest BCUT2D eigenvalue weighted by Crippen LogP contribution is 2.41. The van der Waals surface area contributed by atoms with Crippen molar-refractivity contribution < 1.29 is 28.6 Å². The van der Waals surface area contributed by atoms with Gasteiger partial charge in [0.15, 0.2) is 0 Å². The maximum atomic E-state index is 13.8. The number of carboxylic acid groups (broad SMARTS) is 1. The van der Waals surface area contributed by atoms with Crippen molar-refractivity contribution in [3.05, 3.63) is 87.2 Å². The topological polar surface area (TPSA) is 84.9 Å². The summed E-state index contributed by atoms with van der Waals surface area (Å²) < 4.78 is 25.3. The Morgan fingerprint density at radius 1 is 1.12 bits per heavy atom. The number of halogens is 3. The fraction of sp³-hybridized carbons (Fsp3) is 0.200. The molecule has 1 amide bonds. The molecule has 0 saturated carbocycles. The maximum absolute atomic E-state index is 13.8. The number of rotatable bonds is 7. The summed E-state index contributed by atoms with van der Waals surface area (Å²) in [6.45, 7) is 0.553. The van der Waals surface area contributed by atoms with E-state index in [-0.39, 0.29) is 17.5 Å². The highest BCUT2D eigenvalue weighted by molar-refractivity contribution is 6.32. The molecule has 1 atom stereocenters. The minimum atomic E-state index is -0.929. The van der Waals surface area contributed by atoms with E-state index in [2.05, 4.69) is 5.32 Å². The zero-order chi connectivity index (χ0) is 24.2. The van der Waals surface area contributed by atoms with Crippen LogP contribution >= 0.6 is 23.2 Å². The molecule has 0 aliphatic carbocycles. The Hall–Kier alpha value is -3.29. The van der Waals surface area contributed by atoms with Crippen LogP contribution in [0.15, 0.2) is 54.6 Å². The van der Waals surface area contributed by atoms with Gasteiger partial charge < -0.3 is 19.9 Å². The summed E-state index contributed by atoms with van der Waals surface area (Å²) in [4.78, 5) is 23.9. The monoisotopic (exact) mass is 503 g/mol. The van der Waals surface area contributed by atoms with Gasteiger partial charge in [0.05, 0.1) is 17.5 Å². The molecular formula is C25H20Cl2FNO5. The molecule has 0 bridgehead atoms. The molecule has 4 rings (SSSR count). The number of amides is 1. The first-order chi connectivity index (χ1) is 16.3. The summed E-state index contributed by atoms with van der Waals surface area (Å²) in [5.41, 5.74) is 1.39. The van der Waals surface area contributed by atoms with Crippen LogP contribution in [0.5, 0.6) is 17.2 Å². The normalized spacial score (nSPS) is 14.6. The zero-order valence-corrected chi connectivity index (χ0v) is 19.3. The van der Waals surface area contributed by atoms with E-state index in [0.29, 0.717) is 58.4 Å². The number of benzene rings is 3. The molecule has 0 radical (unpaired) electrons. The van der Waals surface area contributed by atoms with Gasteiger partial charge in [-0.25, -0.2) is 4.39 Å². The molecule has 1 aliphatic heterocycles. The number of carbonyl (C=O) groups is 2. The Morgan fingerprint density at radius 3 is 2.59 bits per heavy atom. The number of nitrogens with one attached hydrogen (secondary N) is 1. The minimum absolute atomic E-state index is 0.256. The van der Waals surface area contributed by atoms with Crippen molar-refractivity contribution in [3.63, 3.8) is 0 Å². The van der Waals surface area contributed by atoms with Crippen molar-refractivity contribution >= 4 is 35.1 Å². The Bertz CT molecular complexity index is 1230. The Kier molecular flexibility index (Phi) is 7.24. The molecule has 6 nitrogen and oxygen atoms in total. The van der Waals surface area contributed by atoms with Crippen LogP contribution in [0, 0.1) is 5.82 Å². The summed E-state index contributed by atoms with van der Waals surface area (Å²) in [7, 11) is 0. The van der Waals surface area contributed by atoms with Gasteiger partial charge in [0.25, 0.3) is 5.91 Å². The van der Waals surface area contributed by atoms with Crippen LogP contribution in [0.3, 0.4) is 0 Å². The molecule has 3 aromatic rings. The number of carbonyl (C=O) groups excluding carboxylic acids is 1. The second-order valence-corrected chi connectivity index (χ2v) is 8.56. The highest BCUT2D eigenvalue weighted by atomic mass is 35.5. The van der Waals surface area contributed by atoms with Gasteiger partial charge in [-0.1, -0.05) is 29.3 Å². The molecule has 0 unspecified atom stereocenters. The predicted octanol–water partition coefficient (Wildman–Crippen LogP) is 5.85. The van der Waals surface area contributed by atoms with Crippen molar-refractivity contribution in [2.24, 2.45) is 0 Å². The molecule has 0 spiro atoms. The molecule has 0 saturated heterocycles. The van der Waals surface area contributed by atoms with Gasteiger partial charge in [-0.3, -0.25) is 9.59 Å². The third kappa shape index (κ3) is 5.43. The molecular weight excluding hydrogens is 484 g/mol. The van der Waals surface area contributed by atoms with Crippen LogP contribution in [-0.4, -0.2) is 30.1 Å². The third-order valence-electron chi connectivity index (χ3n) is 5.44. The predicted molar refractivity (Wildman–Crippen MR) is 126 cm³/mol. The van der Waals surface area contributed by atoms with E-state index >= 15 is 0 Å². The van der Waals surface area contributed by atoms with Gasteiger partial charge in [-0.2, -0.15) is 0 Å². The first kappa shape index (κ1) is 23.9. The lowest BCUT2D eigenvalue weighted by Crippen LogP contribution is -2.25. The Labute approximate surface area is 205 Å². The summed E-state index contributed by atoms with van der Waals surface area (Å²) >= 11 is 12.1. The van der Waals surface area contributed by atoms with Crippen LogP contribution in [0.1, 0.15) is 33.8 Å². The quantitative estimate of drug-likeness (QED) is 0.422. The van der Waals surface area contributed by atoms with E-state index in [4.69, 9.17) is 32.7 Å². The molecule has 1 heterocycles. The summed E-state index contributed by atoms with van der Waals surface area (Å²) in [5, 5.41) is 12.7. The SMILES string of the molecule is O=C(NCCc1ccc(Cl)cc1F)c1ccc(Oc2cc3c(cc2Cl)[C@H](C(=O)O)CCO3)cc1. The van der Waals surface area contributed by atoms with Crippen molar-refractivity contribution in [1.29, 1.82) is 0 Å². The van der Waals surface area contributed by atoms with Crippen molar-refractivity contribution in [3.8, 4) is 17.2 Å². The first-order valence-electron chi connectivity index (χ1n) is 10.5. The first-order valence-corrected chi connectivity index (χ1v) is 11.3. The number of aliphatic carboxylic acids is 1. The molecule has 2 N–H and O–H groups in total. The summed E-state index contributed by atoms with van der Waals surface area (Å²) in [6.07, 6.45) is 0.703. The number of fused-ring (bicyclic) bond motifs is 1. The molecule has 9 heteroatoms. The van der Waals surface area contributed by atoms with Crippen LogP contribution in [0.4, 0.5) is 4.39 Å². The van der Waals surface area contributed by atoms with Crippen LogP contribution in [-0.2, 0) is 11.2 Å². The van der Waals surface area contributed by atoms with Gasteiger partial charge in [-0.05, 0) is 60.9 Å². The van der Waals surface area contributed by atoms with Crippen molar-refractivity contribution in [1.82, 2.24) is 5.32 Å². The second-order valence-electron chi connectivity index (χ2n) is 7.72. The lowest BCUT2D eigenvalue weighted by Gasteiger charge is -2.24. The average Bonchev–Trinajstić information content (AvgIpc) is 2.81. The van der Waals surface area contributed by atoms with Crippen LogP contribution in [0.25, 0.3) is 0 Å². The molecule has 0 aromatic heterocycles. The van der Waals surface area contributed by atoms with Crippen LogP contribution < -0.4 is 14.8 Å². The van der Waals surface area contributed by atoms with E-state index in [0.717, 1.165) is 0 Å². The smallest absolute Gasteiger partial charge is 0.311 e. The molecule has 1 aliphatic rings. The molecule has 34 heavy (non-hydrogen) atoms. The standard InChI is InChI=1S/C25H20Cl2FNO5/c26-16-4-1-14(21(28)11-16)7-9-29-24(30)15-2-5-17(6-3-15)34-23-13-22-19(12-20(23)27)18(25(31)32)8-10-33-22/h1-6,11-13,18H,7-10H2,(H,29,30)(H,31,32)/t18-/m1/s1. The van der Waals surface area contributed by atoms with E-state index < -0.39 is 17.7 Å². The molecule has 0 fully saturated rings. The van der Waals surface area contributed by atoms with Crippen LogP contribution in [0.2, 0.25) is 10.0 Å². The fourth-order valence-electron chi connectivity index (χ4n) is 3.66. The van der Waals surface area contributed by atoms with E-state index in [1.165, 1.54) is 6.07 Å². The van der Waals surface area contributed by atoms with E-state index in [1.807, 2.05) is 0 Å². The minimum Gasteiger partial charge on any atom is -0.493 e. The zero-order valence-electron chi connectivity index (χ0n) is 17.8. The van der Waals surface area contributed by atoms with E-state index in [9.17, 15) is 19.1 Å². The highest BCUT2D eigenvalue weighted by Gasteiger charge is 2.29. The summed E-state index contributed by atoms with van der Waals surface area (Å²) in [6, 6.07) is 14.0. The maximum Gasteiger partial charge on any atom is 0.311 e. The third-order valence-corrected chi connectivity index (χ3v) is 5.97. The number of carboxylic acids is 1. The number of hydrogen-bond donors (Lipinski definition) is 2.